The molecule has 1 aliphatic heterocycles. The van der Waals surface area contributed by atoms with Crippen molar-refractivity contribution in [2.24, 2.45) is 11.7 Å². The highest BCUT2D eigenvalue weighted by Crippen LogP contribution is 2.33. The SMILES string of the molecule is Cc1nc2cc(F)ccc2cc1C(=O)N1C[C@@H](CN)[C@H](c2ccccc2)C1.Cl.Cl. The van der Waals surface area contributed by atoms with Crippen molar-refractivity contribution in [3.8, 4) is 0 Å². The average Bonchev–Trinajstić information content (AvgIpc) is 3.12. The van der Waals surface area contributed by atoms with E-state index < -0.39 is 0 Å². The molecule has 0 unspecified atom stereocenters. The molecule has 1 aromatic heterocycles. The molecule has 3 aromatic rings. The fourth-order valence-corrected chi connectivity index (χ4v) is 3.98. The summed E-state index contributed by atoms with van der Waals surface area (Å²) in [6.07, 6.45) is 0. The predicted octanol–water partition coefficient (Wildman–Crippen LogP) is 4.34. The Kier molecular flexibility index (Phi) is 7.58. The van der Waals surface area contributed by atoms with E-state index in [1.165, 1.54) is 17.7 Å². The van der Waals surface area contributed by atoms with Gasteiger partial charge in [-0.15, -0.1) is 24.8 Å². The maximum Gasteiger partial charge on any atom is 0.255 e. The van der Waals surface area contributed by atoms with E-state index in [1.807, 2.05) is 29.2 Å². The van der Waals surface area contributed by atoms with Crippen LogP contribution in [0, 0.1) is 18.7 Å². The number of aromatic nitrogens is 1. The van der Waals surface area contributed by atoms with Gasteiger partial charge in [0.05, 0.1) is 16.8 Å². The third-order valence-electron chi connectivity index (χ3n) is 5.46. The second kappa shape index (κ2) is 9.53. The number of hydrogen-bond donors (Lipinski definition) is 1. The number of amides is 1. The maximum absolute atomic E-state index is 13.4. The van der Waals surface area contributed by atoms with Gasteiger partial charge in [-0.25, -0.2) is 4.39 Å². The minimum atomic E-state index is -0.329. The summed E-state index contributed by atoms with van der Waals surface area (Å²) in [5, 5.41) is 0.763. The second-order valence-electron chi connectivity index (χ2n) is 7.18. The number of halogens is 3. The molecule has 154 valence electrons. The van der Waals surface area contributed by atoms with Crippen molar-refractivity contribution in [1.82, 2.24) is 9.88 Å². The Morgan fingerprint density at radius 3 is 2.55 bits per heavy atom. The van der Waals surface area contributed by atoms with E-state index in [-0.39, 0.29) is 48.4 Å². The van der Waals surface area contributed by atoms with Gasteiger partial charge in [-0.2, -0.15) is 0 Å². The first kappa shape index (κ1) is 23.1. The summed E-state index contributed by atoms with van der Waals surface area (Å²) in [7, 11) is 0. The smallest absolute Gasteiger partial charge is 0.255 e. The van der Waals surface area contributed by atoms with Gasteiger partial charge in [0, 0.05) is 30.5 Å². The Hall–Kier alpha value is -2.21. The van der Waals surface area contributed by atoms with Crippen LogP contribution in [0.4, 0.5) is 4.39 Å². The number of carbonyl (C=O) groups excluding carboxylic acids is 1. The summed E-state index contributed by atoms with van der Waals surface area (Å²) in [6, 6.07) is 16.5. The topological polar surface area (TPSA) is 59.2 Å². The third-order valence-corrected chi connectivity index (χ3v) is 5.46. The van der Waals surface area contributed by atoms with Crippen molar-refractivity contribution >= 4 is 41.6 Å². The van der Waals surface area contributed by atoms with Crippen LogP contribution in [0.15, 0.2) is 54.6 Å². The van der Waals surface area contributed by atoms with E-state index in [2.05, 4.69) is 17.1 Å². The van der Waals surface area contributed by atoms with Gasteiger partial charge in [0.15, 0.2) is 0 Å². The molecule has 2 atom stereocenters. The molecule has 7 heteroatoms. The van der Waals surface area contributed by atoms with Gasteiger partial charge in [-0.3, -0.25) is 9.78 Å². The van der Waals surface area contributed by atoms with E-state index in [0.717, 1.165) is 5.39 Å². The first-order valence-electron chi connectivity index (χ1n) is 9.18. The van der Waals surface area contributed by atoms with Crippen molar-refractivity contribution in [2.75, 3.05) is 19.6 Å². The van der Waals surface area contributed by atoms with Crippen LogP contribution in [0.5, 0.6) is 0 Å². The molecule has 2 N–H and O–H groups in total. The predicted molar refractivity (Wildman–Crippen MR) is 119 cm³/mol. The average molecular weight is 436 g/mol. The molecule has 29 heavy (non-hydrogen) atoms. The Morgan fingerprint density at radius 2 is 1.86 bits per heavy atom. The lowest BCUT2D eigenvalue weighted by molar-refractivity contribution is 0.0785. The molecule has 2 aromatic carbocycles. The van der Waals surface area contributed by atoms with Gasteiger partial charge in [-0.1, -0.05) is 30.3 Å². The maximum atomic E-state index is 13.4. The summed E-state index contributed by atoms with van der Waals surface area (Å²) < 4.78 is 13.4. The molecule has 0 spiro atoms. The molecule has 0 aliphatic carbocycles. The molecule has 1 saturated heterocycles. The fourth-order valence-electron chi connectivity index (χ4n) is 3.98. The normalized spacial score (nSPS) is 18.2. The van der Waals surface area contributed by atoms with Crippen molar-refractivity contribution < 1.29 is 9.18 Å². The van der Waals surface area contributed by atoms with Crippen LogP contribution in [-0.4, -0.2) is 35.4 Å². The minimum Gasteiger partial charge on any atom is -0.338 e. The molecule has 4 rings (SSSR count). The van der Waals surface area contributed by atoms with E-state index in [4.69, 9.17) is 5.73 Å². The molecule has 2 heterocycles. The number of hydrogen-bond acceptors (Lipinski definition) is 3. The fraction of sp³-hybridized carbons (Fsp3) is 0.273. The highest BCUT2D eigenvalue weighted by molar-refractivity contribution is 5.98. The molecule has 0 saturated carbocycles. The Bertz CT molecular complexity index is 1000. The van der Waals surface area contributed by atoms with Crippen LogP contribution in [0.25, 0.3) is 10.9 Å². The first-order chi connectivity index (χ1) is 13.1. The lowest BCUT2D eigenvalue weighted by atomic mass is 9.89. The van der Waals surface area contributed by atoms with Crippen LogP contribution in [0.3, 0.4) is 0 Å². The van der Waals surface area contributed by atoms with Crippen molar-refractivity contribution in [1.29, 1.82) is 0 Å². The van der Waals surface area contributed by atoms with Gasteiger partial charge in [0.1, 0.15) is 5.82 Å². The Morgan fingerprint density at radius 1 is 1.14 bits per heavy atom. The van der Waals surface area contributed by atoms with Gasteiger partial charge < -0.3 is 10.6 Å². The lowest BCUT2D eigenvalue weighted by Crippen LogP contribution is -2.30. The molecular weight excluding hydrogens is 412 g/mol. The second-order valence-corrected chi connectivity index (χ2v) is 7.18. The number of rotatable bonds is 3. The van der Waals surface area contributed by atoms with Crippen molar-refractivity contribution in [3.63, 3.8) is 0 Å². The molecule has 1 aliphatic rings. The molecule has 1 fully saturated rings. The van der Waals surface area contributed by atoms with Gasteiger partial charge in [-0.05, 0) is 43.1 Å². The number of carbonyl (C=O) groups is 1. The summed E-state index contributed by atoms with van der Waals surface area (Å²) in [5.74, 6) is 0.106. The summed E-state index contributed by atoms with van der Waals surface area (Å²) in [4.78, 5) is 19.5. The number of benzene rings is 2. The quantitative estimate of drug-likeness (QED) is 0.665. The van der Waals surface area contributed by atoms with Crippen LogP contribution in [-0.2, 0) is 0 Å². The molecule has 1 amide bonds. The summed E-state index contributed by atoms with van der Waals surface area (Å²) in [6.45, 7) is 3.61. The highest BCUT2D eigenvalue weighted by atomic mass is 35.5. The van der Waals surface area contributed by atoms with Crippen LogP contribution >= 0.6 is 24.8 Å². The number of nitrogens with two attached hydrogens (primary N) is 1. The van der Waals surface area contributed by atoms with Gasteiger partial charge in [0.2, 0.25) is 0 Å². The van der Waals surface area contributed by atoms with Crippen LogP contribution in [0.1, 0.15) is 27.5 Å². The van der Waals surface area contributed by atoms with Crippen molar-refractivity contribution in [3.05, 3.63) is 77.2 Å². The van der Waals surface area contributed by atoms with E-state index in [0.29, 0.717) is 36.4 Å². The van der Waals surface area contributed by atoms with Crippen molar-refractivity contribution in [2.45, 2.75) is 12.8 Å². The van der Waals surface area contributed by atoms with Gasteiger partial charge >= 0.3 is 0 Å². The zero-order valence-electron chi connectivity index (χ0n) is 16.0. The van der Waals surface area contributed by atoms with E-state index >= 15 is 0 Å². The number of nitrogens with zero attached hydrogens (tertiary/aromatic N) is 2. The zero-order valence-corrected chi connectivity index (χ0v) is 17.7. The minimum absolute atomic E-state index is 0. The highest BCUT2D eigenvalue weighted by Gasteiger charge is 2.36. The molecule has 0 radical (unpaired) electrons. The number of pyridine rings is 1. The molecule has 4 nitrogen and oxygen atoms in total. The summed E-state index contributed by atoms with van der Waals surface area (Å²) in [5.41, 5.74) is 8.96. The number of likely N-dealkylation sites (tertiary alicyclic amines) is 1. The van der Waals surface area contributed by atoms with Crippen LogP contribution < -0.4 is 5.73 Å². The Labute approximate surface area is 182 Å². The molecule has 0 bridgehead atoms. The zero-order chi connectivity index (χ0) is 19.0. The monoisotopic (exact) mass is 435 g/mol. The summed E-state index contributed by atoms with van der Waals surface area (Å²) >= 11 is 0. The first-order valence-corrected chi connectivity index (χ1v) is 9.18. The number of fused-ring (bicyclic) bond motifs is 1. The Balaban J connectivity index is 0.00000150. The van der Waals surface area contributed by atoms with E-state index in [9.17, 15) is 9.18 Å². The lowest BCUT2D eigenvalue weighted by Gasteiger charge is -2.18. The largest absolute Gasteiger partial charge is 0.338 e. The van der Waals surface area contributed by atoms with E-state index in [1.54, 1.807) is 13.0 Å². The third kappa shape index (κ3) is 4.53. The number of aryl methyl sites for hydroxylation is 1. The van der Waals surface area contributed by atoms with Crippen LogP contribution in [0.2, 0.25) is 0 Å². The molecular formula is C22H24Cl2FN3O. The van der Waals surface area contributed by atoms with Gasteiger partial charge in [0.25, 0.3) is 5.91 Å². The standard InChI is InChI=1S/C22H22FN3O.2ClH/c1-14-19(9-16-7-8-18(23)10-21(16)25-14)22(27)26-12-17(11-24)20(13-26)15-5-3-2-4-6-15;;/h2-10,17,20H,11-13,24H2,1H3;2*1H/t17-,20+;;/m1../s1.